The van der Waals surface area contributed by atoms with Crippen molar-refractivity contribution in [1.82, 2.24) is 9.88 Å². The van der Waals surface area contributed by atoms with Crippen molar-refractivity contribution in [1.29, 1.82) is 0 Å². The van der Waals surface area contributed by atoms with Gasteiger partial charge < -0.3 is 9.64 Å². The minimum Gasteiger partial charge on any atom is -0.368 e. The molecule has 0 saturated carbocycles. The fraction of sp³-hybridized carbons (Fsp3) is 0.310. The normalized spacial score (nSPS) is 22.2. The second-order valence-electron chi connectivity index (χ2n) is 9.91. The summed E-state index contributed by atoms with van der Waals surface area (Å²) in [7, 11) is 0. The van der Waals surface area contributed by atoms with Gasteiger partial charge in [-0.3, -0.25) is 9.78 Å². The molecular weight excluding hydrogens is 541 g/mol. The number of aromatic nitrogens is 1. The molecule has 210 valence electrons. The third-order valence-electron chi connectivity index (χ3n) is 7.35. The lowest BCUT2D eigenvalue weighted by atomic mass is 9.84. The second kappa shape index (κ2) is 10.3. The maximum atomic E-state index is 13.8. The molecule has 0 aliphatic carbocycles. The molecule has 1 fully saturated rings. The summed E-state index contributed by atoms with van der Waals surface area (Å²) in [5.74, 6) is -1.32. The summed E-state index contributed by atoms with van der Waals surface area (Å²) in [6, 6.07) is 10.0. The van der Waals surface area contributed by atoms with E-state index in [1.165, 1.54) is 25.1 Å². The number of halogens is 7. The van der Waals surface area contributed by atoms with Gasteiger partial charge in [-0.05, 0) is 72.0 Å². The molecule has 1 aromatic heterocycles. The quantitative estimate of drug-likeness (QED) is 0.308. The minimum atomic E-state index is -5.00. The molecule has 1 amide bonds. The third-order valence-corrected chi connectivity index (χ3v) is 7.35. The molecule has 0 N–H and O–H groups in total. The van der Waals surface area contributed by atoms with Crippen molar-refractivity contribution in [3.8, 4) is 0 Å². The first-order valence-electron chi connectivity index (χ1n) is 12.4. The van der Waals surface area contributed by atoms with Crippen LogP contribution in [0.1, 0.15) is 53.2 Å². The van der Waals surface area contributed by atoms with Crippen LogP contribution in [-0.2, 0) is 21.9 Å². The van der Waals surface area contributed by atoms with E-state index in [1.54, 1.807) is 35.5 Å². The number of carbonyl (C=O) groups is 1. The van der Waals surface area contributed by atoms with Crippen molar-refractivity contribution >= 4 is 11.5 Å². The predicted molar refractivity (Wildman–Crippen MR) is 131 cm³/mol. The van der Waals surface area contributed by atoms with Crippen LogP contribution in [0, 0.1) is 5.82 Å². The third kappa shape index (κ3) is 5.60. The molecule has 2 aliphatic heterocycles. The van der Waals surface area contributed by atoms with Gasteiger partial charge in [-0.25, -0.2) is 4.39 Å². The molecule has 0 spiro atoms. The molecule has 2 aromatic carbocycles. The van der Waals surface area contributed by atoms with Gasteiger partial charge in [0, 0.05) is 37.0 Å². The first-order valence-corrected chi connectivity index (χ1v) is 12.4. The molecule has 5 rings (SSSR count). The average Bonchev–Trinajstić information content (AvgIpc) is 3.26. The summed E-state index contributed by atoms with van der Waals surface area (Å²) in [4.78, 5) is 18.8. The van der Waals surface area contributed by atoms with E-state index in [0.717, 1.165) is 11.1 Å². The first-order chi connectivity index (χ1) is 18.8. The summed E-state index contributed by atoms with van der Waals surface area (Å²) in [5, 5.41) is 0. The molecule has 1 unspecified atom stereocenters. The molecule has 40 heavy (non-hydrogen) atoms. The van der Waals surface area contributed by atoms with Gasteiger partial charge in [-0.1, -0.05) is 18.2 Å². The van der Waals surface area contributed by atoms with Crippen LogP contribution in [0.25, 0.3) is 5.57 Å². The summed E-state index contributed by atoms with van der Waals surface area (Å²) < 4.78 is 101. The molecule has 0 radical (unpaired) electrons. The van der Waals surface area contributed by atoms with Crippen molar-refractivity contribution < 1.29 is 40.3 Å². The number of ether oxygens (including phenoxy) is 1. The molecule has 0 bridgehead atoms. The minimum absolute atomic E-state index is 0.0534. The van der Waals surface area contributed by atoms with E-state index in [4.69, 9.17) is 4.74 Å². The lowest BCUT2D eigenvalue weighted by Gasteiger charge is -2.32. The van der Waals surface area contributed by atoms with Gasteiger partial charge in [0.2, 0.25) is 5.91 Å². The molecule has 4 nitrogen and oxygen atoms in total. The maximum absolute atomic E-state index is 13.8. The number of amides is 1. The van der Waals surface area contributed by atoms with Crippen molar-refractivity contribution in [2.75, 3.05) is 6.54 Å². The van der Waals surface area contributed by atoms with E-state index >= 15 is 0 Å². The van der Waals surface area contributed by atoms with Crippen molar-refractivity contribution in [2.24, 2.45) is 0 Å². The zero-order valence-corrected chi connectivity index (χ0v) is 21.0. The standard InChI is InChI=1S/C29H23F7N2O2/c1-16(19-9-21(28(31,32)33)13-22(10-19)29(34,35)36)40-25-15-38-24(27(25)17-4-6-23(30)7-5-17)11-20(12-26(38)39)18-3-2-8-37-14-18/h2-10,12-14,16,24-25,27H,11,15H2,1H3/t16-,24+,25+,27?/m1/s1. The van der Waals surface area contributed by atoms with Crippen LogP contribution in [0.15, 0.2) is 73.1 Å². The Labute approximate surface area is 225 Å². The van der Waals surface area contributed by atoms with E-state index in [0.29, 0.717) is 24.1 Å². The Kier molecular flexibility index (Phi) is 7.20. The Morgan fingerprint density at radius 3 is 2.20 bits per heavy atom. The van der Waals surface area contributed by atoms with E-state index in [2.05, 4.69) is 4.98 Å². The molecule has 3 heterocycles. The van der Waals surface area contributed by atoms with Crippen LogP contribution in [-0.4, -0.2) is 34.5 Å². The van der Waals surface area contributed by atoms with Crippen LogP contribution in [0.4, 0.5) is 30.7 Å². The van der Waals surface area contributed by atoms with Crippen LogP contribution < -0.4 is 0 Å². The van der Waals surface area contributed by atoms with Crippen molar-refractivity contribution in [2.45, 2.75) is 49.9 Å². The summed E-state index contributed by atoms with van der Waals surface area (Å²) in [6.07, 6.45) is -6.86. The number of benzene rings is 2. The van der Waals surface area contributed by atoms with Gasteiger partial charge in [-0.2, -0.15) is 26.3 Å². The van der Waals surface area contributed by atoms with Gasteiger partial charge >= 0.3 is 12.4 Å². The van der Waals surface area contributed by atoms with Crippen LogP contribution >= 0.6 is 0 Å². The highest BCUT2D eigenvalue weighted by atomic mass is 19.4. The van der Waals surface area contributed by atoms with Crippen molar-refractivity contribution in [3.63, 3.8) is 0 Å². The van der Waals surface area contributed by atoms with Gasteiger partial charge in [0.15, 0.2) is 0 Å². The van der Waals surface area contributed by atoms with E-state index in [9.17, 15) is 35.5 Å². The Bertz CT molecular complexity index is 1390. The fourth-order valence-corrected chi connectivity index (χ4v) is 5.45. The second-order valence-corrected chi connectivity index (χ2v) is 9.91. The number of fused-ring (bicyclic) bond motifs is 1. The molecule has 2 aliphatic rings. The van der Waals surface area contributed by atoms with Gasteiger partial charge in [-0.15, -0.1) is 0 Å². The Morgan fingerprint density at radius 2 is 1.62 bits per heavy atom. The van der Waals surface area contributed by atoms with E-state index < -0.39 is 53.5 Å². The fourth-order valence-electron chi connectivity index (χ4n) is 5.45. The molecule has 1 saturated heterocycles. The zero-order valence-electron chi connectivity index (χ0n) is 21.0. The highest BCUT2D eigenvalue weighted by Gasteiger charge is 2.48. The number of pyridine rings is 1. The first kappa shape index (κ1) is 27.8. The van der Waals surface area contributed by atoms with Crippen molar-refractivity contribution in [3.05, 3.63) is 107 Å². The van der Waals surface area contributed by atoms with Gasteiger partial charge in [0.05, 0.1) is 23.3 Å². The maximum Gasteiger partial charge on any atom is 0.416 e. The Morgan fingerprint density at radius 1 is 0.975 bits per heavy atom. The Hall–Kier alpha value is -3.73. The summed E-state index contributed by atoms with van der Waals surface area (Å²) in [5.41, 5.74) is -1.07. The predicted octanol–water partition coefficient (Wildman–Crippen LogP) is 7.19. The summed E-state index contributed by atoms with van der Waals surface area (Å²) in [6.45, 7) is 1.42. The number of carbonyl (C=O) groups excluding carboxylic acids is 1. The summed E-state index contributed by atoms with van der Waals surface area (Å²) >= 11 is 0. The molecular formula is C29H23F7N2O2. The molecule has 4 atom stereocenters. The molecule has 3 aromatic rings. The number of alkyl halides is 6. The smallest absolute Gasteiger partial charge is 0.368 e. The lowest BCUT2D eigenvalue weighted by molar-refractivity contribution is -0.143. The Balaban J connectivity index is 1.49. The highest BCUT2D eigenvalue weighted by Crippen LogP contribution is 2.45. The number of nitrogens with zero attached hydrogens (tertiary/aromatic N) is 2. The van der Waals surface area contributed by atoms with Gasteiger partial charge in [0.25, 0.3) is 0 Å². The van der Waals surface area contributed by atoms with Crippen LogP contribution in [0.3, 0.4) is 0 Å². The molecule has 11 heteroatoms. The highest BCUT2D eigenvalue weighted by molar-refractivity contribution is 5.97. The van der Waals surface area contributed by atoms with Crippen LogP contribution in [0.5, 0.6) is 0 Å². The topological polar surface area (TPSA) is 42.4 Å². The SMILES string of the molecule is C[C@@H](O[C@H]1CN2C(=O)C=C(c3cccnc3)C[C@H]2C1c1ccc(F)cc1)c1cc(C(F)(F)F)cc(C(F)(F)F)c1. The van der Waals surface area contributed by atoms with E-state index in [1.807, 2.05) is 6.07 Å². The average molecular weight is 565 g/mol. The monoisotopic (exact) mass is 564 g/mol. The van der Waals surface area contributed by atoms with Gasteiger partial charge in [0.1, 0.15) is 5.82 Å². The van der Waals surface area contributed by atoms with E-state index in [-0.39, 0.29) is 24.1 Å². The number of rotatable bonds is 5. The number of hydrogen-bond acceptors (Lipinski definition) is 3. The lowest BCUT2D eigenvalue weighted by Crippen LogP contribution is -2.39. The van der Waals surface area contributed by atoms with Crippen LogP contribution in [0.2, 0.25) is 0 Å². The largest absolute Gasteiger partial charge is 0.416 e. The zero-order chi connectivity index (χ0) is 28.8. The number of hydrogen-bond donors (Lipinski definition) is 0.